The Morgan fingerprint density at radius 2 is 2.40 bits per heavy atom. The fourth-order valence-electron chi connectivity index (χ4n) is 1.16. The van der Waals surface area contributed by atoms with E-state index in [1.165, 1.54) is 24.8 Å². The maximum absolute atomic E-state index is 4.83. The molecule has 1 aliphatic carbocycles. The Morgan fingerprint density at radius 3 is 2.90 bits per heavy atom. The first-order chi connectivity index (χ1) is 4.84. The van der Waals surface area contributed by atoms with E-state index in [1.807, 2.05) is 0 Å². The van der Waals surface area contributed by atoms with Crippen molar-refractivity contribution in [2.45, 2.75) is 25.7 Å². The van der Waals surface area contributed by atoms with Crippen molar-refractivity contribution in [2.75, 3.05) is 0 Å². The number of hydrogen-bond donors (Lipinski definition) is 0. The summed E-state index contributed by atoms with van der Waals surface area (Å²) in [5.41, 5.74) is 1.25. The second kappa shape index (κ2) is 3.61. The lowest BCUT2D eigenvalue weighted by atomic mass is 9.99. The molecule has 1 aliphatic rings. The molecule has 3 radical (unpaired) electrons. The fourth-order valence-corrected chi connectivity index (χ4v) is 1.29. The zero-order chi connectivity index (χ0) is 7.40. The van der Waals surface area contributed by atoms with Crippen LogP contribution >= 0.6 is 0 Å². The predicted octanol–water partition coefficient (Wildman–Crippen LogP) is 2.10. The van der Waals surface area contributed by atoms with Gasteiger partial charge in [0.2, 0.25) is 0 Å². The van der Waals surface area contributed by atoms with Crippen LogP contribution in [0.1, 0.15) is 25.7 Å². The molecule has 0 atom stereocenters. The third-order valence-corrected chi connectivity index (χ3v) is 2.02. The molecule has 1 nitrogen and oxygen atoms in total. The van der Waals surface area contributed by atoms with Gasteiger partial charge in [0, 0.05) is 0 Å². The summed E-state index contributed by atoms with van der Waals surface area (Å²) in [4.78, 5) is 0. The zero-order valence-electron chi connectivity index (χ0n) is 6.02. The van der Waals surface area contributed by atoms with Gasteiger partial charge in [-0.15, -0.1) is 0 Å². The van der Waals surface area contributed by atoms with Crippen LogP contribution in [-0.2, 0) is 4.43 Å². The zero-order valence-corrected chi connectivity index (χ0v) is 7.02. The molecule has 0 saturated carbocycles. The van der Waals surface area contributed by atoms with Crippen LogP contribution in [0.3, 0.4) is 0 Å². The Balaban J connectivity index is 2.53. The van der Waals surface area contributed by atoms with E-state index in [2.05, 4.69) is 23.1 Å². The van der Waals surface area contributed by atoms with Crippen LogP contribution in [0.25, 0.3) is 0 Å². The van der Waals surface area contributed by atoms with Gasteiger partial charge in [-0.2, -0.15) is 0 Å². The van der Waals surface area contributed by atoms with Gasteiger partial charge in [-0.3, -0.25) is 0 Å². The molecule has 0 heterocycles. The Bertz CT molecular complexity index is 161. The third kappa shape index (κ3) is 1.74. The van der Waals surface area contributed by atoms with Gasteiger partial charge in [0.1, 0.15) is 0 Å². The Hall–Kier alpha value is -0.503. The van der Waals surface area contributed by atoms with Gasteiger partial charge in [-0.1, -0.05) is 12.7 Å². The van der Waals surface area contributed by atoms with Crippen LogP contribution in [0.2, 0.25) is 0 Å². The van der Waals surface area contributed by atoms with E-state index in [0.29, 0.717) is 0 Å². The molecule has 0 aliphatic heterocycles. The van der Waals surface area contributed by atoms with E-state index in [1.54, 1.807) is 0 Å². The number of rotatable bonds is 2. The standard InChI is InChI=1S/C8H11OSi/c1-7(9-10)8-5-3-2-4-6-8/h5H,1-4,6H2. The largest absolute Gasteiger partial charge is 0.541 e. The highest BCUT2D eigenvalue weighted by Gasteiger charge is 2.05. The molecule has 0 aromatic carbocycles. The van der Waals surface area contributed by atoms with Crippen molar-refractivity contribution in [1.82, 2.24) is 0 Å². The summed E-state index contributed by atoms with van der Waals surface area (Å²) in [7, 11) is 2.96. The molecule has 0 N–H and O–H groups in total. The first kappa shape index (κ1) is 7.60. The Kier molecular flexibility index (Phi) is 2.75. The smallest absolute Gasteiger partial charge is 0.341 e. The number of allylic oxidation sites excluding steroid dienone is 2. The normalized spacial score (nSPS) is 17.9. The lowest BCUT2D eigenvalue weighted by Crippen LogP contribution is -1.96. The minimum atomic E-state index is 0.761. The van der Waals surface area contributed by atoms with Crippen LogP contribution in [0.4, 0.5) is 0 Å². The second-order valence-corrected chi connectivity index (χ2v) is 2.70. The molecule has 2 heteroatoms. The third-order valence-electron chi connectivity index (χ3n) is 1.77. The average Bonchev–Trinajstić information content (AvgIpc) is 2.05. The molecule has 0 unspecified atom stereocenters. The molecule has 1 rings (SSSR count). The van der Waals surface area contributed by atoms with Crippen molar-refractivity contribution in [2.24, 2.45) is 0 Å². The topological polar surface area (TPSA) is 9.23 Å². The highest BCUT2D eigenvalue weighted by Crippen LogP contribution is 2.22. The Labute approximate surface area is 65.3 Å². The molecule has 0 amide bonds. The maximum Gasteiger partial charge on any atom is 0.341 e. The van der Waals surface area contributed by atoms with E-state index in [9.17, 15) is 0 Å². The maximum atomic E-state index is 4.83. The summed E-state index contributed by atoms with van der Waals surface area (Å²) < 4.78 is 4.83. The summed E-state index contributed by atoms with van der Waals surface area (Å²) >= 11 is 0. The molecule has 0 aromatic heterocycles. The summed E-state index contributed by atoms with van der Waals surface area (Å²) in [6.07, 6.45) is 7.05. The van der Waals surface area contributed by atoms with Crippen molar-refractivity contribution < 1.29 is 4.43 Å². The predicted molar refractivity (Wildman–Crippen MR) is 42.5 cm³/mol. The number of hydrogen-bond acceptors (Lipinski definition) is 1. The van der Waals surface area contributed by atoms with Gasteiger partial charge in [0.05, 0.1) is 5.76 Å². The van der Waals surface area contributed by atoms with E-state index in [4.69, 9.17) is 4.43 Å². The van der Waals surface area contributed by atoms with Crippen molar-refractivity contribution in [3.8, 4) is 0 Å². The summed E-state index contributed by atoms with van der Waals surface area (Å²) in [5.74, 6) is 0.761. The quantitative estimate of drug-likeness (QED) is 0.434. The molecular formula is C8H11OSi. The summed E-state index contributed by atoms with van der Waals surface area (Å²) in [6, 6.07) is 0. The lowest BCUT2D eigenvalue weighted by Gasteiger charge is -2.13. The molecule has 53 valence electrons. The Morgan fingerprint density at radius 1 is 1.60 bits per heavy atom. The second-order valence-electron chi connectivity index (χ2n) is 2.50. The van der Waals surface area contributed by atoms with Gasteiger partial charge in [-0.05, 0) is 31.3 Å². The molecule has 0 spiro atoms. The fraction of sp³-hybridized carbons (Fsp3) is 0.500. The van der Waals surface area contributed by atoms with E-state index in [-0.39, 0.29) is 0 Å². The van der Waals surface area contributed by atoms with Gasteiger partial charge in [0.25, 0.3) is 0 Å². The minimum Gasteiger partial charge on any atom is -0.541 e. The lowest BCUT2D eigenvalue weighted by molar-refractivity contribution is 0.472. The van der Waals surface area contributed by atoms with Gasteiger partial charge in [0.15, 0.2) is 0 Å². The van der Waals surface area contributed by atoms with E-state index in [0.717, 1.165) is 12.2 Å². The highest BCUT2D eigenvalue weighted by atomic mass is 28.2. The van der Waals surface area contributed by atoms with Crippen molar-refractivity contribution >= 4 is 10.5 Å². The monoisotopic (exact) mass is 151 g/mol. The molecule has 10 heavy (non-hydrogen) atoms. The van der Waals surface area contributed by atoms with Crippen LogP contribution < -0.4 is 0 Å². The van der Waals surface area contributed by atoms with Crippen LogP contribution in [0.5, 0.6) is 0 Å². The van der Waals surface area contributed by atoms with Crippen LogP contribution in [0, 0.1) is 0 Å². The first-order valence-corrected chi connectivity index (χ1v) is 3.97. The van der Waals surface area contributed by atoms with E-state index >= 15 is 0 Å². The van der Waals surface area contributed by atoms with Crippen molar-refractivity contribution in [3.63, 3.8) is 0 Å². The first-order valence-electron chi connectivity index (χ1n) is 3.56. The van der Waals surface area contributed by atoms with E-state index < -0.39 is 0 Å². The van der Waals surface area contributed by atoms with Gasteiger partial charge < -0.3 is 4.43 Å². The summed E-state index contributed by atoms with van der Waals surface area (Å²) in [6.45, 7) is 3.76. The molecular weight excluding hydrogens is 140 g/mol. The summed E-state index contributed by atoms with van der Waals surface area (Å²) in [5, 5.41) is 0. The molecule has 0 aromatic rings. The molecule has 0 saturated heterocycles. The van der Waals surface area contributed by atoms with Crippen LogP contribution in [0.15, 0.2) is 24.0 Å². The minimum absolute atomic E-state index is 0.761. The van der Waals surface area contributed by atoms with Gasteiger partial charge in [-0.25, -0.2) is 0 Å². The average molecular weight is 151 g/mol. The molecule has 0 bridgehead atoms. The van der Waals surface area contributed by atoms with Gasteiger partial charge >= 0.3 is 10.5 Å². The van der Waals surface area contributed by atoms with Crippen LogP contribution in [-0.4, -0.2) is 10.5 Å². The highest BCUT2D eigenvalue weighted by molar-refractivity contribution is 5.99. The SMILES string of the molecule is C=C(O[Si])C1=CCCCC1. The van der Waals surface area contributed by atoms with Crippen molar-refractivity contribution in [1.29, 1.82) is 0 Å². The van der Waals surface area contributed by atoms with Crippen molar-refractivity contribution in [3.05, 3.63) is 24.0 Å². The molecule has 0 fully saturated rings.